The van der Waals surface area contributed by atoms with Gasteiger partial charge in [-0.05, 0) is 55.9 Å². The molecule has 166 valence electrons. The van der Waals surface area contributed by atoms with Crippen LogP contribution in [0.25, 0.3) is 22.0 Å². The van der Waals surface area contributed by atoms with Crippen molar-refractivity contribution in [2.45, 2.75) is 65.3 Å². The maximum Gasteiger partial charge on any atom is 0.215 e. The summed E-state index contributed by atoms with van der Waals surface area (Å²) < 4.78 is 45.2. The maximum atomic E-state index is 15.3. The second kappa shape index (κ2) is 7.71. The van der Waals surface area contributed by atoms with Crippen molar-refractivity contribution in [3.05, 3.63) is 53.7 Å². The van der Waals surface area contributed by atoms with Gasteiger partial charge in [0.05, 0.1) is 5.25 Å². The van der Waals surface area contributed by atoms with Crippen LogP contribution in [0, 0.1) is 18.2 Å². The molecule has 31 heavy (non-hydrogen) atoms. The number of hydrogen-bond donors (Lipinski definition) is 1. The van der Waals surface area contributed by atoms with Gasteiger partial charge in [0, 0.05) is 52.7 Å². The standard InChI is InChI=1S/C24H30FN3O2S/c1-15-18(7-6-10-26-15)19-12-23-20(11-22(19)25)21(13-28(23)14-24(3,4)5)16(2)27-31(29,30)17-8-9-17/h6-7,10-13,16-17,27H,8-9,14H2,1-5H3. The molecule has 0 saturated heterocycles. The minimum absolute atomic E-state index is 0.00125. The van der Waals surface area contributed by atoms with E-state index in [1.54, 1.807) is 12.3 Å². The molecule has 1 unspecified atom stereocenters. The van der Waals surface area contributed by atoms with Gasteiger partial charge in [0.1, 0.15) is 5.82 Å². The highest BCUT2D eigenvalue weighted by molar-refractivity contribution is 7.90. The first-order valence-corrected chi connectivity index (χ1v) is 12.3. The number of hydrogen-bond acceptors (Lipinski definition) is 3. The molecule has 0 spiro atoms. The number of benzene rings is 1. The number of nitrogens with one attached hydrogen (secondary N) is 1. The second-order valence-electron chi connectivity index (χ2n) is 9.84. The van der Waals surface area contributed by atoms with Gasteiger partial charge in [0.2, 0.25) is 10.0 Å². The van der Waals surface area contributed by atoms with E-state index in [9.17, 15) is 8.42 Å². The lowest BCUT2D eigenvalue weighted by Crippen LogP contribution is -2.29. The number of rotatable bonds is 6. The van der Waals surface area contributed by atoms with Gasteiger partial charge in [-0.1, -0.05) is 26.8 Å². The van der Waals surface area contributed by atoms with E-state index in [0.717, 1.165) is 34.3 Å². The van der Waals surface area contributed by atoms with Crippen molar-refractivity contribution in [1.82, 2.24) is 14.3 Å². The summed E-state index contributed by atoms with van der Waals surface area (Å²) in [7, 11) is -3.36. The molecular formula is C24H30FN3O2S. The molecule has 1 atom stereocenters. The molecular weight excluding hydrogens is 413 g/mol. The van der Waals surface area contributed by atoms with Crippen molar-refractivity contribution in [3.8, 4) is 11.1 Å². The Hall–Kier alpha value is -2.25. The van der Waals surface area contributed by atoms with Crippen LogP contribution in [-0.4, -0.2) is 23.2 Å². The van der Waals surface area contributed by atoms with Gasteiger partial charge in [-0.15, -0.1) is 0 Å². The van der Waals surface area contributed by atoms with E-state index in [1.807, 2.05) is 32.2 Å². The molecule has 0 radical (unpaired) electrons. The quantitative estimate of drug-likeness (QED) is 0.559. The van der Waals surface area contributed by atoms with Crippen molar-refractivity contribution < 1.29 is 12.8 Å². The summed E-state index contributed by atoms with van der Waals surface area (Å²) in [5.74, 6) is -0.337. The molecule has 1 saturated carbocycles. The predicted octanol–water partition coefficient (Wildman–Crippen LogP) is 5.34. The normalized spacial score (nSPS) is 16.1. The zero-order valence-corrected chi connectivity index (χ0v) is 19.6. The van der Waals surface area contributed by atoms with E-state index in [4.69, 9.17) is 0 Å². The van der Waals surface area contributed by atoms with Crippen LogP contribution in [0.4, 0.5) is 4.39 Å². The molecule has 1 aliphatic rings. The number of aryl methyl sites for hydroxylation is 1. The van der Waals surface area contributed by atoms with Crippen molar-refractivity contribution >= 4 is 20.9 Å². The Bertz CT molecular complexity index is 1240. The van der Waals surface area contributed by atoms with E-state index >= 15 is 4.39 Å². The van der Waals surface area contributed by atoms with Gasteiger partial charge in [-0.25, -0.2) is 17.5 Å². The van der Waals surface area contributed by atoms with Crippen LogP contribution < -0.4 is 4.72 Å². The molecule has 1 fully saturated rings. The molecule has 1 N–H and O–H groups in total. The largest absolute Gasteiger partial charge is 0.347 e. The van der Waals surface area contributed by atoms with Crippen LogP contribution in [-0.2, 0) is 16.6 Å². The van der Waals surface area contributed by atoms with E-state index in [1.165, 1.54) is 6.07 Å². The number of fused-ring (bicyclic) bond motifs is 1. The zero-order valence-electron chi connectivity index (χ0n) is 18.7. The van der Waals surface area contributed by atoms with Crippen LogP contribution >= 0.6 is 0 Å². The lowest BCUT2D eigenvalue weighted by atomic mass is 9.96. The lowest BCUT2D eigenvalue weighted by molar-refractivity contribution is 0.349. The zero-order chi connectivity index (χ0) is 22.6. The first-order chi connectivity index (χ1) is 14.5. The van der Waals surface area contributed by atoms with Gasteiger partial charge >= 0.3 is 0 Å². The SMILES string of the molecule is Cc1ncccc1-c1cc2c(cc1F)c(C(C)NS(=O)(=O)C1CC1)cn2CC(C)(C)C. The fourth-order valence-electron chi connectivity index (χ4n) is 4.08. The molecule has 2 heterocycles. The number of aromatic nitrogens is 2. The highest BCUT2D eigenvalue weighted by atomic mass is 32.2. The Balaban J connectivity index is 1.86. The molecule has 0 bridgehead atoms. The van der Waals surface area contributed by atoms with E-state index in [-0.39, 0.29) is 16.5 Å². The van der Waals surface area contributed by atoms with Crippen LogP contribution in [0.5, 0.6) is 0 Å². The average Bonchev–Trinajstić information content (AvgIpc) is 3.46. The highest BCUT2D eigenvalue weighted by Crippen LogP contribution is 2.36. The number of pyridine rings is 1. The van der Waals surface area contributed by atoms with Gasteiger partial charge in [0.15, 0.2) is 0 Å². The van der Waals surface area contributed by atoms with Gasteiger partial charge in [-0.3, -0.25) is 4.98 Å². The Labute approximate surface area is 183 Å². The smallest absolute Gasteiger partial charge is 0.215 e. The van der Waals surface area contributed by atoms with Crippen LogP contribution in [0.2, 0.25) is 0 Å². The summed E-state index contributed by atoms with van der Waals surface area (Å²) in [6, 6.07) is 6.64. The molecule has 5 nitrogen and oxygen atoms in total. The molecule has 1 aromatic carbocycles. The molecule has 3 aromatic rings. The molecule has 4 rings (SSSR count). The maximum absolute atomic E-state index is 15.3. The van der Waals surface area contributed by atoms with Gasteiger partial charge in [-0.2, -0.15) is 0 Å². The van der Waals surface area contributed by atoms with E-state index in [0.29, 0.717) is 18.4 Å². The molecule has 0 aliphatic heterocycles. The first kappa shape index (κ1) is 22.0. The minimum Gasteiger partial charge on any atom is -0.347 e. The molecule has 0 amide bonds. The van der Waals surface area contributed by atoms with Crippen LogP contribution in [0.1, 0.15) is 57.8 Å². The van der Waals surface area contributed by atoms with Crippen molar-refractivity contribution in [2.24, 2.45) is 5.41 Å². The second-order valence-corrected chi connectivity index (χ2v) is 11.8. The average molecular weight is 444 g/mol. The van der Waals surface area contributed by atoms with E-state index in [2.05, 4.69) is 35.0 Å². The Morgan fingerprint density at radius 1 is 1.26 bits per heavy atom. The number of halogens is 1. The lowest BCUT2D eigenvalue weighted by Gasteiger charge is -2.20. The predicted molar refractivity (Wildman–Crippen MR) is 123 cm³/mol. The third-order valence-corrected chi connectivity index (χ3v) is 7.74. The molecule has 1 aliphatic carbocycles. The van der Waals surface area contributed by atoms with Crippen LogP contribution in [0.15, 0.2) is 36.7 Å². The summed E-state index contributed by atoms with van der Waals surface area (Å²) in [6.07, 6.45) is 5.07. The Morgan fingerprint density at radius 3 is 2.58 bits per heavy atom. The first-order valence-electron chi connectivity index (χ1n) is 10.7. The minimum atomic E-state index is -3.36. The van der Waals surface area contributed by atoms with Gasteiger partial charge < -0.3 is 4.57 Å². The fraction of sp³-hybridized carbons (Fsp3) is 0.458. The van der Waals surface area contributed by atoms with Crippen LogP contribution in [0.3, 0.4) is 0 Å². The highest BCUT2D eigenvalue weighted by Gasteiger charge is 2.37. The van der Waals surface area contributed by atoms with E-state index < -0.39 is 16.1 Å². The summed E-state index contributed by atoms with van der Waals surface area (Å²) in [5.41, 5.74) is 3.71. The van der Waals surface area contributed by atoms with Crippen molar-refractivity contribution in [3.63, 3.8) is 0 Å². The summed E-state index contributed by atoms with van der Waals surface area (Å²) >= 11 is 0. The molecule has 7 heteroatoms. The number of sulfonamides is 1. The fourth-order valence-corrected chi connectivity index (χ4v) is 5.65. The topological polar surface area (TPSA) is 64.0 Å². The summed E-state index contributed by atoms with van der Waals surface area (Å²) in [4.78, 5) is 4.30. The van der Waals surface area contributed by atoms with Crippen molar-refractivity contribution in [1.29, 1.82) is 0 Å². The number of nitrogens with zero attached hydrogens (tertiary/aromatic N) is 2. The summed E-state index contributed by atoms with van der Waals surface area (Å²) in [5, 5.41) is 0.438. The monoisotopic (exact) mass is 443 g/mol. The Kier molecular flexibility index (Phi) is 5.46. The third-order valence-electron chi connectivity index (χ3n) is 5.71. The molecule has 2 aromatic heterocycles. The van der Waals surface area contributed by atoms with Crippen molar-refractivity contribution in [2.75, 3.05) is 0 Å². The summed E-state index contributed by atoms with van der Waals surface area (Å²) in [6.45, 7) is 10.9. The van der Waals surface area contributed by atoms with Gasteiger partial charge in [0.25, 0.3) is 0 Å². The Morgan fingerprint density at radius 2 is 1.97 bits per heavy atom. The third kappa shape index (κ3) is 4.53.